The van der Waals surface area contributed by atoms with Crippen molar-refractivity contribution in [1.82, 2.24) is 9.88 Å². The maximum atomic E-state index is 13.0. The van der Waals surface area contributed by atoms with E-state index < -0.39 is 5.91 Å². The number of thiocarbonyl (C=S) groups is 1. The molecule has 0 aliphatic carbocycles. The summed E-state index contributed by atoms with van der Waals surface area (Å²) in [6.45, 7) is 4.96. The topological polar surface area (TPSA) is 57.7 Å². The van der Waals surface area contributed by atoms with Crippen LogP contribution in [0.5, 0.6) is 0 Å². The first kappa shape index (κ1) is 22.7. The Balaban J connectivity index is 1.80. The molecule has 9 heteroatoms. The van der Waals surface area contributed by atoms with Gasteiger partial charge in [0.2, 0.25) is 0 Å². The second-order valence-electron chi connectivity index (χ2n) is 7.33. The molecular formula is C23H22Cl2N4O2S. The summed E-state index contributed by atoms with van der Waals surface area (Å²) >= 11 is 18.2. The Kier molecular flexibility index (Phi) is 6.81. The summed E-state index contributed by atoms with van der Waals surface area (Å²) in [5, 5.41) is 5.14. The highest BCUT2D eigenvalue weighted by Gasteiger charge is 2.28. The standard InChI is InChI=1S/C23H22Cl2N4O2S/c1-3-28-10-11-29(23(28)32)21-14(13-31-2)12-26-20-15(21)6-4-9-18(20)27-22(30)19-16(24)7-5-8-17(19)25/h4-9,12H,3,10-11,13H2,1-2H3,(H,27,30). The molecule has 0 radical (unpaired) electrons. The van der Waals surface area contributed by atoms with Crippen molar-refractivity contribution in [3.63, 3.8) is 0 Å². The first-order valence-electron chi connectivity index (χ1n) is 10.2. The van der Waals surface area contributed by atoms with Gasteiger partial charge in [0, 0.05) is 43.9 Å². The van der Waals surface area contributed by atoms with E-state index in [4.69, 9.17) is 40.2 Å². The van der Waals surface area contributed by atoms with Crippen LogP contribution < -0.4 is 10.2 Å². The third kappa shape index (κ3) is 4.13. The molecule has 1 aliphatic heterocycles. The summed E-state index contributed by atoms with van der Waals surface area (Å²) in [5.74, 6) is -0.397. The van der Waals surface area contributed by atoms with Crippen LogP contribution in [-0.2, 0) is 11.3 Å². The normalized spacial score (nSPS) is 13.8. The second kappa shape index (κ2) is 9.58. The first-order valence-corrected chi connectivity index (χ1v) is 11.3. The number of nitrogens with one attached hydrogen (secondary N) is 1. The van der Waals surface area contributed by atoms with E-state index in [1.807, 2.05) is 12.1 Å². The van der Waals surface area contributed by atoms with Gasteiger partial charge in [-0.25, -0.2) is 0 Å². The smallest absolute Gasteiger partial charge is 0.258 e. The minimum Gasteiger partial charge on any atom is -0.380 e. The molecule has 1 N–H and O–H groups in total. The molecule has 3 aromatic rings. The number of aromatic nitrogens is 1. The molecule has 1 amide bonds. The quantitative estimate of drug-likeness (QED) is 0.470. The van der Waals surface area contributed by atoms with Gasteiger partial charge in [0.05, 0.1) is 39.1 Å². The Morgan fingerprint density at radius 1 is 1.19 bits per heavy atom. The number of likely N-dealkylation sites (N-methyl/N-ethyl adjacent to an activating group) is 1. The fourth-order valence-corrected chi connectivity index (χ4v) is 4.89. The summed E-state index contributed by atoms with van der Waals surface area (Å²) in [7, 11) is 1.65. The molecule has 0 saturated carbocycles. The Bertz CT molecular complexity index is 1180. The average Bonchev–Trinajstić information content (AvgIpc) is 3.14. The van der Waals surface area contributed by atoms with Crippen molar-refractivity contribution in [2.24, 2.45) is 0 Å². The molecule has 1 fully saturated rings. The van der Waals surface area contributed by atoms with Gasteiger partial charge in [0.1, 0.15) is 0 Å². The average molecular weight is 489 g/mol. The van der Waals surface area contributed by atoms with Gasteiger partial charge in [0.25, 0.3) is 5.91 Å². The molecular weight excluding hydrogens is 467 g/mol. The van der Waals surface area contributed by atoms with Crippen LogP contribution in [0, 0.1) is 0 Å². The minimum atomic E-state index is -0.397. The lowest BCUT2D eigenvalue weighted by molar-refractivity contribution is 0.102. The third-order valence-electron chi connectivity index (χ3n) is 5.43. The second-order valence-corrected chi connectivity index (χ2v) is 8.51. The van der Waals surface area contributed by atoms with Crippen molar-refractivity contribution in [2.45, 2.75) is 13.5 Å². The lowest BCUT2D eigenvalue weighted by atomic mass is 10.1. The number of hydrogen-bond acceptors (Lipinski definition) is 4. The van der Waals surface area contributed by atoms with Crippen LogP contribution in [0.3, 0.4) is 0 Å². The number of carbonyl (C=O) groups excluding carboxylic acids is 1. The van der Waals surface area contributed by atoms with Gasteiger partial charge in [0.15, 0.2) is 5.11 Å². The number of ether oxygens (including phenoxy) is 1. The molecule has 4 rings (SSSR count). The van der Waals surface area contributed by atoms with Gasteiger partial charge in [-0.2, -0.15) is 0 Å². The molecule has 0 spiro atoms. The molecule has 1 aliphatic rings. The van der Waals surface area contributed by atoms with Gasteiger partial charge >= 0.3 is 0 Å². The maximum Gasteiger partial charge on any atom is 0.258 e. The summed E-state index contributed by atoms with van der Waals surface area (Å²) in [5.41, 5.74) is 3.31. The highest BCUT2D eigenvalue weighted by atomic mass is 35.5. The molecule has 2 aromatic carbocycles. The van der Waals surface area contributed by atoms with E-state index in [9.17, 15) is 4.79 Å². The number of nitrogens with zero attached hydrogens (tertiary/aromatic N) is 3. The lowest BCUT2D eigenvalue weighted by Gasteiger charge is -2.25. The number of fused-ring (bicyclic) bond motifs is 1. The fraction of sp³-hybridized carbons (Fsp3) is 0.261. The number of halogens is 2. The number of carbonyl (C=O) groups is 1. The number of pyridine rings is 1. The van der Waals surface area contributed by atoms with E-state index in [0.29, 0.717) is 17.8 Å². The Labute approximate surface area is 202 Å². The number of rotatable bonds is 6. The fourth-order valence-electron chi connectivity index (χ4n) is 3.91. The zero-order valence-electron chi connectivity index (χ0n) is 17.7. The monoisotopic (exact) mass is 488 g/mol. The van der Waals surface area contributed by atoms with Crippen LogP contribution in [0.25, 0.3) is 10.9 Å². The molecule has 1 saturated heterocycles. The summed E-state index contributed by atoms with van der Waals surface area (Å²) in [6.07, 6.45) is 1.77. The van der Waals surface area contributed by atoms with Gasteiger partial charge in [-0.15, -0.1) is 0 Å². The van der Waals surface area contributed by atoms with Crippen molar-refractivity contribution in [3.8, 4) is 0 Å². The van der Waals surface area contributed by atoms with Gasteiger partial charge in [-0.05, 0) is 37.3 Å². The first-order chi connectivity index (χ1) is 15.5. The largest absolute Gasteiger partial charge is 0.380 e. The number of anilines is 2. The van der Waals surface area contributed by atoms with Crippen molar-refractivity contribution in [1.29, 1.82) is 0 Å². The summed E-state index contributed by atoms with van der Waals surface area (Å²) in [6, 6.07) is 10.6. The SMILES string of the molecule is CCN1CCN(c2c(COC)cnc3c(NC(=O)c4c(Cl)cccc4Cl)cccc23)C1=S. The van der Waals surface area contributed by atoms with Crippen LogP contribution >= 0.6 is 35.4 Å². The molecule has 1 aromatic heterocycles. The van der Waals surface area contributed by atoms with E-state index in [0.717, 1.165) is 41.4 Å². The number of hydrogen-bond donors (Lipinski definition) is 1. The van der Waals surface area contributed by atoms with Crippen LogP contribution in [0.4, 0.5) is 11.4 Å². The van der Waals surface area contributed by atoms with Crippen LogP contribution in [0.2, 0.25) is 10.0 Å². The number of benzene rings is 2. The number of amides is 1. The molecule has 0 bridgehead atoms. The molecule has 32 heavy (non-hydrogen) atoms. The molecule has 166 valence electrons. The van der Waals surface area contributed by atoms with Crippen molar-refractivity contribution < 1.29 is 9.53 Å². The zero-order chi connectivity index (χ0) is 22.8. The van der Waals surface area contributed by atoms with E-state index in [-0.39, 0.29) is 15.6 Å². The molecule has 0 unspecified atom stereocenters. The zero-order valence-corrected chi connectivity index (χ0v) is 20.0. The van der Waals surface area contributed by atoms with Crippen molar-refractivity contribution >= 4 is 68.7 Å². The maximum absolute atomic E-state index is 13.0. The van der Waals surface area contributed by atoms with Crippen molar-refractivity contribution in [2.75, 3.05) is 37.0 Å². The van der Waals surface area contributed by atoms with Crippen LogP contribution in [0.15, 0.2) is 42.6 Å². The number of para-hydroxylation sites is 1. The lowest BCUT2D eigenvalue weighted by Crippen LogP contribution is -2.32. The van der Waals surface area contributed by atoms with E-state index in [1.165, 1.54) is 0 Å². The molecule has 6 nitrogen and oxygen atoms in total. The van der Waals surface area contributed by atoms with Crippen LogP contribution in [-0.4, -0.2) is 47.6 Å². The summed E-state index contributed by atoms with van der Waals surface area (Å²) in [4.78, 5) is 21.9. The highest BCUT2D eigenvalue weighted by Crippen LogP contribution is 2.36. The van der Waals surface area contributed by atoms with E-state index in [2.05, 4.69) is 27.0 Å². The third-order valence-corrected chi connectivity index (χ3v) is 6.54. The van der Waals surface area contributed by atoms with Gasteiger partial charge in [-0.3, -0.25) is 9.78 Å². The van der Waals surface area contributed by atoms with Crippen LogP contribution in [0.1, 0.15) is 22.8 Å². The predicted octanol–water partition coefficient (Wildman–Crippen LogP) is 5.37. The van der Waals surface area contributed by atoms with Gasteiger partial charge in [-0.1, -0.05) is 41.4 Å². The van der Waals surface area contributed by atoms with Crippen molar-refractivity contribution in [3.05, 3.63) is 63.8 Å². The molecule has 2 heterocycles. The Morgan fingerprint density at radius 3 is 2.56 bits per heavy atom. The van der Waals surface area contributed by atoms with E-state index >= 15 is 0 Å². The van der Waals surface area contributed by atoms with Gasteiger partial charge < -0.3 is 19.9 Å². The molecule has 0 atom stereocenters. The highest BCUT2D eigenvalue weighted by molar-refractivity contribution is 7.80. The Morgan fingerprint density at radius 2 is 1.91 bits per heavy atom. The summed E-state index contributed by atoms with van der Waals surface area (Å²) < 4.78 is 5.42. The minimum absolute atomic E-state index is 0.225. The number of methoxy groups -OCH3 is 1. The van der Waals surface area contributed by atoms with E-state index in [1.54, 1.807) is 37.6 Å². The predicted molar refractivity (Wildman–Crippen MR) is 134 cm³/mol. The Hall–Kier alpha value is -2.45.